The maximum atomic E-state index is 5.77. The third-order valence-corrected chi connectivity index (χ3v) is 5.13. The maximum absolute atomic E-state index is 5.77. The molecule has 0 aromatic carbocycles. The molecule has 0 amide bonds. The summed E-state index contributed by atoms with van der Waals surface area (Å²) < 4.78 is 8.21. The molecule has 6 nitrogen and oxygen atoms in total. The number of aromatic amines is 1. The molecule has 2 N–H and O–H groups in total. The van der Waals surface area contributed by atoms with Gasteiger partial charge in [-0.3, -0.25) is 0 Å². The third kappa shape index (κ3) is 2.09. The van der Waals surface area contributed by atoms with Gasteiger partial charge in [-0.2, -0.15) is 0 Å². The van der Waals surface area contributed by atoms with Crippen molar-refractivity contribution in [2.45, 2.75) is 37.8 Å². The second kappa shape index (κ2) is 5.32. The standard InChI is InChI=1S/C17H21N5O/c1-4-13(18-6-1)17-21-14-9-20-16-12(5-7-19-16)15(14)22(17)11-3-2-8-23-10-11/h5,7,9,11,13,18H,1-4,6,8,10H2,(H,19,20)/t11?,13-/m0/s1. The first-order valence-corrected chi connectivity index (χ1v) is 8.57. The minimum absolute atomic E-state index is 0.346. The Hall–Kier alpha value is -1.92. The molecule has 2 aliphatic rings. The van der Waals surface area contributed by atoms with Gasteiger partial charge in [0.15, 0.2) is 0 Å². The summed E-state index contributed by atoms with van der Waals surface area (Å²) in [5.41, 5.74) is 3.13. The molecule has 5 heterocycles. The molecule has 3 aromatic heterocycles. The van der Waals surface area contributed by atoms with Crippen LogP contribution in [0.25, 0.3) is 22.1 Å². The molecule has 2 atom stereocenters. The highest BCUT2D eigenvalue weighted by atomic mass is 16.5. The van der Waals surface area contributed by atoms with E-state index in [0.717, 1.165) is 61.4 Å². The maximum Gasteiger partial charge on any atom is 0.139 e. The van der Waals surface area contributed by atoms with Crippen molar-refractivity contribution in [3.8, 4) is 0 Å². The van der Waals surface area contributed by atoms with E-state index in [9.17, 15) is 0 Å². The molecule has 120 valence electrons. The lowest BCUT2D eigenvalue weighted by molar-refractivity contribution is 0.0591. The molecule has 1 unspecified atom stereocenters. The number of imidazole rings is 1. The van der Waals surface area contributed by atoms with E-state index in [-0.39, 0.29) is 0 Å². The molecular formula is C17H21N5O. The van der Waals surface area contributed by atoms with Crippen LogP contribution < -0.4 is 5.32 Å². The summed E-state index contributed by atoms with van der Waals surface area (Å²) in [6.45, 7) is 2.73. The largest absolute Gasteiger partial charge is 0.379 e. The van der Waals surface area contributed by atoms with Gasteiger partial charge in [0.25, 0.3) is 0 Å². The molecule has 2 fully saturated rings. The van der Waals surface area contributed by atoms with Crippen LogP contribution in [-0.2, 0) is 4.74 Å². The average Bonchev–Trinajstić information content (AvgIpc) is 3.32. The Labute approximate surface area is 134 Å². The van der Waals surface area contributed by atoms with E-state index < -0.39 is 0 Å². The van der Waals surface area contributed by atoms with Crippen molar-refractivity contribution in [2.24, 2.45) is 0 Å². The lowest BCUT2D eigenvalue weighted by Crippen LogP contribution is -2.26. The van der Waals surface area contributed by atoms with Crippen LogP contribution in [0.5, 0.6) is 0 Å². The minimum Gasteiger partial charge on any atom is -0.379 e. The number of hydrogen-bond acceptors (Lipinski definition) is 4. The molecule has 5 rings (SSSR count). The molecule has 2 aliphatic heterocycles. The van der Waals surface area contributed by atoms with Gasteiger partial charge in [-0.25, -0.2) is 9.97 Å². The van der Waals surface area contributed by atoms with E-state index in [1.54, 1.807) is 0 Å². The summed E-state index contributed by atoms with van der Waals surface area (Å²) in [5, 5.41) is 4.76. The highest BCUT2D eigenvalue weighted by Crippen LogP contribution is 2.34. The van der Waals surface area contributed by atoms with Gasteiger partial charge in [0.1, 0.15) is 17.0 Å². The van der Waals surface area contributed by atoms with Crippen LogP contribution in [0, 0.1) is 0 Å². The summed E-state index contributed by atoms with van der Waals surface area (Å²) in [5.74, 6) is 1.16. The first kappa shape index (κ1) is 13.5. The molecule has 0 spiro atoms. The number of H-pyrrole nitrogens is 1. The van der Waals surface area contributed by atoms with Crippen molar-refractivity contribution in [3.05, 3.63) is 24.3 Å². The molecule has 0 bridgehead atoms. The fourth-order valence-electron chi connectivity index (χ4n) is 4.06. The summed E-state index contributed by atoms with van der Waals surface area (Å²) in [6.07, 6.45) is 8.49. The van der Waals surface area contributed by atoms with Crippen molar-refractivity contribution in [2.75, 3.05) is 19.8 Å². The number of hydrogen-bond donors (Lipinski definition) is 2. The zero-order valence-corrected chi connectivity index (χ0v) is 13.1. The molecular weight excluding hydrogens is 290 g/mol. The second-order valence-electron chi connectivity index (χ2n) is 6.59. The van der Waals surface area contributed by atoms with Gasteiger partial charge in [-0.05, 0) is 38.3 Å². The molecule has 0 aliphatic carbocycles. The Bertz CT molecular complexity index is 839. The minimum atomic E-state index is 0.346. The van der Waals surface area contributed by atoms with E-state index in [0.29, 0.717) is 12.1 Å². The third-order valence-electron chi connectivity index (χ3n) is 5.13. The Morgan fingerprint density at radius 3 is 3.09 bits per heavy atom. The van der Waals surface area contributed by atoms with E-state index in [4.69, 9.17) is 9.72 Å². The van der Waals surface area contributed by atoms with Crippen molar-refractivity contribution in [1.29, 1.82) is 0 Å². The molecule has 2 saturated heterocycles. The molecule has 3 aromatic rings. The number of nitrogens with zero attached hydrogens (tertiary/aromatic N) is 3. The van der Waals surface area contributed by atoms with Gasteiger partial charge in [0, 0.05) is 18.2 Å². The average molecular weight is 311 g/mol. The fraction of sp³-hybridized carbons (Fsp3) is 0.529. The molecule has 0 radical (unpaired) electrons. The topological polar surface area (TPSA) is 67.8 Å². The van der Waals surface area contributed by atoms with Crippen molar-refractivity contribution < 1.29 is 4.74 Å². The number of ether oxygens (including phenoxy) is 1. The van der Waals surface area contributed by atoms with Gasteiger partial charge >= 0.3 is 0 Å². The van der Waals surface area contributed by atoms with Crippen LogP contribution in [0.1, 0.15) is 43.6 Å². The van der Waals surface area contributed by atoms with E-state index in [1.807, 2.05) is 12.4 Å². The van der Waals surface area contributed by atoms with E-state index in [2.05, 4.69) is 25.9 Å². The number of fused-ring (bicyclic) bond motifs is 3. The normalized spacial score (nSPS) is 25.6. The quantitative estimate of drug-likeness (QED) is 0.763. The SMILES string of the molecule is c1cc2c(ncc3nc([C@@H]4CCCN4)n(C4CCCOC4)c32)[nH]1. The van der Waals surface area contributed by atoms with Crippen LogP contribution in [0.3, 0.4) is 0 Å². The van der Waals surface area contributed by atoms with E-state index >= 15 is 0 Å². The number of rotatable bonds is 2. The summed E-state index contributed by atoms with van der Waals surface area (Å²) in [6, 6.07) is 2.82. The van der Waals surface area contributed by atoms with Crippen molar-refractivity contribution in [3.63, 3.8) is 0 Å². The summed E-state index contributed by atoms with van der Waals surface area (Å²) >= 11 is 0. The smallest absolute Gasteiger partial charge is 0.139 e. The lowest BCUT2D eigenvalue weighted by atomic mass is 10.1. The predicted molar refractivity (Wildman–Crippen MR) is 88.5 cm³/mol. The van der Waals surface area contributed by atoms with Crippen LogP contribution in [0.2, 0.25) is 0 Å². The first-order valence-electron chi connectivity index (χ1n) is 8.57. The monoisotopic (exact) mass is 311 g/mol. The van der Waals surface area contributed by atoms with E-state index in [1.165, 1.54) is 11.9 Å². The zero-order valence-electron chi connectivity index (χ0n) is 13.1. The Morgan fingerprint density at radius 2 is 2.26 bits per heavy atom. The Morgan fingerprint density at radius 1 is 1.26 bits per heavy atom. The van der Waals surface area contributed by atoms with Crippen LogP contribution >= 0.6 is 0 Å². The van der Waals surface area contributed by atoms with Crippen LogP contribution in [0.4, 0.5) is 0 Å². The van der Waals surface area contributed by atoms with Gasteiger partial charge in [-0.1, -0.05) is 0 Å². The highest BCUT2D eigenvalue weighted by Gasteiger charge is 2.29. The molecule has 0 saturated carbocycles. The second-order valence-corrected chi connectivity index (χ2v) is 6.59. The Kier molecular flexibility index (Phi) is 3.12. The lowest BCUT2D eigenvalue weighted by Gasteiger charge is -2.27. The predicted octanol–water partition coefficient (Wildman–Crippen LogP) is 2.69. The zero-order chi connectivity index (χ0) is 15.2. The van der Waals surface area contributed by atoms with Gasteiger partial charge in [0.05, 0.1) is 30.4 Å². The van der Waals surface area contributed by atoms with Crippen molar-refractivity contribution >= 4 is 22.1 Å². The first-order chi connectivity index (χ1) is 11.4. The molecule has 23 heavy (non-hydrogen) atoms. The van der Waals surface area contributed by atoms with Gasteiger partial charge in [-0.15, -0.1) is 0 Å². The van der Waals surface area contributed by atoms with Crippen LogP contribution in [0.15, 0.2) is 18.5 Å². The number of nitrogens with one attached hydrogen (secondary N) is 2. The molecule has 6 heteroatoms. The number of pyridine rings is 1. The van der Waals surface area contributed by atoms with Gasteiger partial charge < -0.3 is 19.6 Å². The summed E-state index contributed by atoms with van der Waals surface area (Å²) in [4.78, 5) is 12.7. The highest BCUT2D eigenvalue weighted by molar-refractivity contribution is 6.01. The number of aromatic nitrogens is 4. The fourth-order valence-corrected chi connectivity index (χ4v) is 4.06. The van der Waals surface area contributed by atoms with Crippen molar-refractivity contribution in [1.82, 2.24) is 24.8 Å². The summed E-state index contributed by atoms with van der Waals surface area (Å²) in [7, 11) is 0. The van der Waals surface area contributed by atoms with Crippen LogP contribution in [-0.4, -0.2) is 39.3 Å². The van der Waals surface area contributed by atoms with Gasteiger partial charge in [0.2, 0.25) is 0 Å². The Balaban J connectivity index is 1.77.